The van der Waals surface area contributed by atoms with Crippen LogP contribution in [0.1, 0.15) is 23.4 Å². The van der Waals surface area contributed by atoms with E-state index >= 15 is 0 Å². The van der Waals surface area contributed by atoms with Gasteiger partial charge in [0.25, 0.3) is 0 Å². The summed E-state index contributed by atoms with van der Waals surface area (Å²) in [5.74, 6) is 1.30. The van der Waals surface area contributed by atoms with Gasteiger partial charge in [0, 0.05) is 43.8 Å². The van der Waals surface area contributed by atoms with Crippen molar-refractivity contribution < 1.29 is 0 Å². The lowest BCUT2D eigenvalue weighted by molar-refractivity contribution is 0.293. The van der Waals surface area contributed by atoms with E-state index in [-0.39, 0.29) is 0 Å². The van der Waals surface area contributed by atoms with E-state index in [4.69, 9.17) is 5.73 Å². The van der Waals surface area contributed by atoms with Gasteiger partial charge in [-0.05, 0) is 30.5 Å². The second-order valence-corrected chi connectivity index (χ2v) is 5.28. The molecule has 0 fully saturated rings. The van der Waals surface area contributed by atoms with E-state index in [0.29, 0.717) is 11.6 Å². The van der Waals surface area contributed by atoms with Gasteiger partial charge >= 0.3 is 0 Å². The van der Waals surface area contributed by atoms with Crippen molar-refractivity contribution >= 4 is 11.4 Å². The Morgan fingerprint density at radius 2 is 2.24 bits per heavy atom. The number of hydrogen-bond donors (Lipinski definition) is 1. The van der Waals surface area contributed by atoms with E-state index in [1.165, 1.54) is 11.1 Å². The molecule has 1 aliphatic rings. The second kappa shape index (κ2) is 6.01. The molecule has 0 aromatic carbocycles. The molecule has 0 saturated heterocycles. The van der Waals surface area contributed by atoms with Crippen molar-refractivity contribution in [3.05, 3.63) is 53.8 Å². The highest BCUT2D eigenvalue weighted by atomic mass is 15.1. The monoisotopic (exact) mass is 281 g/mol. The summed E-state index contributed by atoms with van der Waals surface area (Å²) in [6, 6.07) is 4.09. The first kappa shape index (κ1) is 13.7. The Hall–Kier alpha value is -2.27. The number of nitrogen functional groups attached to an aromatic ring is 1. The predicted molar refractivity (Wildman–Crippen MR) is 83.3 cm³/mol. The van der Waals surface area contributed by atoms with Crippen molar-refractivity contribution in [2.45, 2.75) is 19.9 Å². The number of nitrogens with zero attached hydrogens (tertiary/aromatic N) is 4. The largest absolute Gasteiger partial charge is 0.383 e. The van der Waals surface area contributed by atoms with Crippen LogP contribution in [-0.4, -0.2) is 32.9 Å². The minimum atomic E-state index is 0.588. The molecule has 0 amide bonds. The van der Waals surface area contributed by atoms with Crippen molar-refractivity contribution in [3.63, 3.8) is 0 Å². The normalized spacial score (nSPS) is 15.8. The van der Waals surface area contributed by atoms with E-state index in [1.54, 1.807) is 6.20 Å². The third-order valence-electron chi connectivity index (χ3n) is 3.74. The fourth-order valence-corrected chi connectivity index (χ4v) is 2.54. The zero-order chi connectivity index (χ0) is 14.7. The van der Waals surface area contributed by atoms with Crippen LogP contribution in [-0.2, 0) is 6.54 Å². The molecule has 0 radical (unpaired) electrons. The highest BCUT2D eigenvalue weighted by molar-refractivity contribution is 5.65. The van der Waals surface area contributed by atoms with Crippen LogP contribution in [0.3, 0.4) is 0 Å². The first-order valence-electron chi connectivity index (χ1n) is 7.12. The second-order valence-electron chi connectivity index (χ2n) is 5.28. The molecule has 2 aromatic rings. The van der Waals surface area contributed by atoms with Crippen molar-refractivity contribution in [1.82, 2.24) is 19.9 Å². The summed E-state index contributed by atoms with van der Waals surface area (Å²) < 4.78 is 0. The molecule has 0 spiro atoms. The maximum Gasteiger partial charge on any atom is 0.131 e. The highest BCUT2D eigenvalue weighted by Crippen LogP contribution is 2.22. The van der Waals surface area contributed by atoms with Crippen LogP contribution >= 0.6 is 0 Å². The van der Waals surface area contributed by atoms with E-state index in [9.17, 15) is 0 Å². The predicted octanol–water partition coefficient (Wildman–Crippen LogP) is 2.05. The summed E-state index contributed by atoms with van der Waals surface area (Å²) >= 11 is 0. The Labute approximate surface area is 124 Å². The maximum atomic E-state index is 5.96. The molecule has 0 atom stereocenters. The van der Waals surface area contributed by atoms with Crippen molar-refractivity contribution in [2.24, 2.45) is 0 Å². The molecule has 0 bridgehead atoms. The Balaban J connectivity index is 1.67. The van der Waals surface area contributed by atoms with Crippen molar-refractivity contribution in [2.75, 3.05) is 18.8 Å². The lowest BCUT2D eigenvalue weighted by Crippen LogP contribution is -2.28. The van der Waals surface area contributed by atoms with E-state index in [0.717, 1.165) is 31.6 Å². The molecular weight excluding hydrogens is 262 g/mol. The van der Waals surface area contributed by atoms with Gasteiger partial charge in [-0.25, -0.2) is 9.97 Å². The molecule has 0 saturated carbocycles. The summed E-state index contributed by atoms with van der Waals surface area (Å²) in [6.45, 7) is 4.57. The molecule has 5 heteroatoms. The van der Waals surface area contributed by atoms with Gasteiger partial charge < -0.3 is 5.73 Å². The van der Waals surface area contributed by atoms with Gasteiger partial charge in [-0.1, -0.05) is 12.1 Å². The molecule has 2 aromatic heterocycles. The third-order valence-corrected chi connectivity index (χ3v) is 3.74. The molecule has 5 nitrogen and oxygen atoms in total. The van der Waals surface area contributed by atoms with E-state index < -0.39 is 0 Å². The molecule has 21 heavy (non-hydrogen) atoms. The Bertz CT molecular complexity index is 651. The highest BCUT2D eigenvalue weighted by Gasteiger charge is 2.14. The van der Waals surface area contributed by atoms with Crippen LogP contribution in [0, 0.1) is 6.92 Å². The van der Waals surface area contributed by atoms with Crippen molar-refractivity contribution in [1.29, 1.82) is 0 Å². The first-order chi connectivity index (χ1) is 10.2. The Morgan fingerprint density at radius 1 is 1.33 bits per heavy atom. The Kier molecular flexibility index (Phi) is 3.92. The summed E-state index contributed by atoms with van der Waals surface area (Å²) in [5.41, 5.74) is 9.54. The fraction of sp³-hybridized carbons (Fsp3) is 0.312. The number of aromatic nitrogens is 3. The molecule has 108 valence electrons. The lowest BCUT2D eigenvalue weighted by Gasteiger charge is -2.26. The summed E-state index contributed by atoms with van der Waals surface area (Å²) in [6.07, 6.45) is 8.86. The van der Waals surface area contributed by atoms with Crippen LogP contribution in [0.5, 0.6) is 0 Å². The van der Waals surface area contributed by atoms with E-state index in [2.05, 4.69) is 32.0 Å². The van der Waals surface area contributed by atoms with Gasteiger partial charge in [-0.2, -0.15) is 0 Å². The minimum absolute atomic E-state index is 0.588. The molecule has 0 unspecified atom stereocenters. The van der Waals surface area contributed by atoms with E-state index in [1.807, 2.05) is 25.4 Å². The number of pyridine rings is 1. The van der Waals surface area contributed by atoms with Crippen molar-refractivity contribution in [3.8, 4) is 0 Å². The van der Waals surface area contributed by atoms with Crippen LogP contribution in [0.25, 0.3) is 5.57 Å². The van der Waals surface area contributed by atoms with Gasteiger partial charge in [0.2, 0.25) is 0 Å². The fourth-order valence-electron chi connectivity index (χ4n) is 2.54. The molecular formula is C16H19N5. The first-order valence-corrected chi connectivity index (χ1v) is 7.12. The number of anilines is 1. The standard InChI is InChI=1S/C16H19N5/c1-12-19-10-15(16(17)20-12)11-21-7-4-13(5-8-21)14-3-2-6-18-9-14/h2-4,6,9-10H,5,7-8,11H2,1H3,(H2,17,19,20). The molecule has 2 N–H and O–H groups in total. The zero-order valence-electron chi connectivity index (χ0n) is 12.2. The lowest BCUT2D eigenvalue weighted by atomic mass is 10.0. The third kappa shape index (κ3) is 3.25. The summed E-state index contributed by atoms with van der Waals surface area (Å²) in [5, 5.41) is 0. The smallest absolute Gasteiger partial charge is 0.131 e. The van der Waals surface area contributed by atoms with Gasteiger partial charge in [0.15, 0.2) is 0 Å². The van der Waals surface area contributed by atoms with Crippen LogP contribution in [0.2, 0.25) is 0 Å². The molecule has 0 aliphatic carbocycles. The van der Waals surface area contributed by atoms with Gasteiger partial charge in [-0.3, -0.25) is 9.88 Å². The Morgan fingerprint density at radius 3 is 2.90 bits per heavy atom. The molecule has 3 rings (SSSR count). The zero-order valence-corrected chi connectivity index (χ0v) is 12.2. The van der Waals surface area contributed by atoms with Gasteiger partial charge in [0.05, 0.1) is 0 Å². The SMILES string of the molecule is Cc1ncc(CN2CC=C(c3cccnc3)CC2)c(N)n1. The van der Waals surface area contributed by atoms with Crippen LogP contribution in [0.4, 0.5) is 5.82 Å². The number of rotatable bonds is 3. The topological polar surface area (TPSA) is 67.9 Å². The quantitative estimate of drug-likeness (QED) is 0.932. The van der Waals surface area contributed by atoms with Gasteiger partial charge in [-0.15, -0.1) is 0 Å². The number of nitrogens with two attached hydrogens (primary N) is 1. The number of hydrogen-bond acceptors (Lipinski definition) is 5. The average Bonchev–Trinajstić information content (AvgIpc) is 2.52. The molecule has 3 heterocycles. The number of aryl methyl sites for hydroxylation is 1. The van der Waals surface area contributed by atoms with Gasteiger partial charge in [0.1, 0.15) is 11.6 Å². The summed E-state index contributed by atoms with van der Waals surface area (Å²) in [7, 11) is 0. The van der Waals surface area contributed by atoms with Crippen LogP contribution in [0.15, 0.2) is 36.8 Å². The minimum Gasteiger partial charge on any atom is -0.383 e. The average molecular weight is 281 g/mol. The maximum absolute atomic E-state index is 5.96. The summed E-state index contributed by atoms with van der Waals surface area (Å²) in [4.78, 5) is 15.0. The van der Waals surface area contributed by atoms with Crippen LogP contribution < -0.4 is 5.73 Å². The molecule has 1 aliphatic heterocycles.